The smallest absolute Gasteiger partial charge is 0.416 e. The van der Waals surface area contributed by atoms with E-state index in [9.17, 15) is 22.4 Å². The first-order valence-electron chi connectivity index (χ1n) is 7.70. The number of methoxy groups -OCH3 is 1. The SMILES string of the molecule is COc1ccc([C@@H](C)NC(=O)/C=C/c2cccc(C(F)(F)F)c2)cc1F. The zero-order valence-corrected chi connectivity index (χ0v) is 14.1. The molecule has 0 bridgehead atoms. The normalized spacial score (nSPS) is 12.8. The Morgan fingerprint density at radius 3 is 2.54 bits per heavy atom. The Labute approximate surface area is 148 Å². The van der Waals surface area contributed by atoms with Crippen LogP contribution in [-0.4, -0.2) is 13.0 Å². The van der Waals surface area contributed by atoms with Crippen LogP contribution in [0.5, 0.6) is 5.75 Å². The molecule has 1 amide bonds. The van der Waals surface area contributed by atoms with Crippen molar-refractivity contribution < 1.29 is 27.1 Å². The molecule has 0 aliphatic carbocycles. The van der Waals surface area contributed by atoms with Crippen LogP contribution in [0, 0.1) is 5.82 Å². The number of benzene rings is 2. The summed E-state index contributed by atoms with van der Waals surface area (Å²) in [4.78, 5) is 12.0. The second-order valence-electron chi connectivity index (χ2n) is 5.58. The first-order valence-corrected chi connectivity index (χ1v) is 7.70. The van der Waals surface area contributed by atoms with E-state index in [2.05, 4.69) is 5.32 Å². The fourth-order valence-corrected chi connectivity index (χ4v) is 2.29. The Balaban J connectivity index is 2.04. The Hall–Kier alpha value is -2.83. The number of carbonyl (C=O) groups excluding carboxylic acids is 1. The van der Waals surface area contributed by atoms with Gasteiger partial charge in [-0.3, -0.25) is 4.79 Å². The second kappa shape index (κ2) is 8.03. The van der Waals surface area contributed by atoms with Crippen LogP contribution in [0.25, 0.3) is 6.08 Å². The van der Waals surface area contributed by atoms with E-state index < -0.39 is 29.5 Å². The molecular weight excluding hydrogens is 350 g/mol. The minimum atomic E-state index is -4.45. The monoisotopic (exact) mass is 367 g/mol. The molecule has 2 aromatic carbocycles. The third kappa shape index (κ3) is 5.08. The van der Waals surface area contributed by atoms with Crippen molar-refractivity contribution in [1.82, 2.24) is 5.32 Å². The molecule has 3 nitrogen and oxygen atoms in total. The van der Waals surface area contributed by atoms with Crippen LogP contribution in [0.4, 0.5) is 17.6 Å². The van der Waals surface area contributed by atoms with Crippen LogP contribution >= 0.6 is 0 Å². The largest absolute Gasteiger partial charge is 0.494 e. The van der Waals surface area contributed by atoms with Gasteiger partial charge in [0.1, 0.15) is 0 Å². The lowest BCUT2D eigenvalue weighted by atomic mass is 10.1. The molecule has 0 unspecified atom stereocenters. The van der Waals surface area contributed by atoms with Crippen molar-refractivity contribution in [2.75, 3.05) is 7.11 Å². The summed E-state index contributed by atoms with van der Waals surface area (Å²) >= 11 is 0. The molecule has 26 heavy (non-hydrogen) atoms. The van der Waals surface area contributed by atoms with Gasteiger partial charge in [-0.05, 0) is 48.4 Å². The lowest BCUT2D eigenvalue weighted by molar-refractivity contribution is -0.137. The summed E-state index contributed by atoms with van der Waals surface area (Å²) in [6.07, 6.45) is -2.03. The molecule has 0 heterocycles. The number of amides is 1. The van der Waals surface area contributed by atoms with Crippen LogP contribution < -0.4 is 10.1 Å². The standard InChI is InChI=1S/C19H17F4NO2/c1-12(14-7-8-17(26-2)16(20)11-14)24-18(25)9-6-13-4-3-5-15(10-13)19(21,22)23/h3-12H,1-2H3,(H,24,25)/b9-6+/t12-/m1/s1. The van der Waals surface area contributed by atoms with Crippen LogP contribution in [-0.2, 0) is 11.0 Å². The molecular formula is C19H17F4NO2. The van der Waals surface area contributed by atoms with Gasteiger partial charge in [-0.15, -0.1) is 0 Å². The fraction of sp³-hybridized carbons (Fsp3) is 0.211. The van der Waals surface area contributed by atoms with Crippen molar-refractivity contribution in [3.8, 4) is 5.75 Å². The summed E-state index contributed by atoms with van der Waals surface area (Å²) in [5, 5.41) is 2.62. The highest BCUT2D eigenvalue weighted by Gasteiger charge is 2.30. The summed E-state index contributed by atoms with van der Waals surface area (Å²) in [5.41, 5.74) is -0.00984. The summed E-state index contributed by atoms with van der Waals surface area (Å²) in [5.74, 6) is -0.964. The van der Waals surface area contributed by atoms with Gasteiger partial charge >= 0.3 is 6.18 Å². The topological polar surface area (TPSA) is 38.3 Å². The van der Waals surface area contributed by atoms with E-state index in [0.717, 1.165) is 18.2 Å². The van der Waals surface area contributed by atoms with E-state index in [1.807, 2.05) is 0 Å². The summed E-state index contributed by atoms with van der Waals surface area (Å²) < 4.78 is 56.5. The number of ether oxygens (including phenoxy) is 1. The predicted molar refractivity (Wildman–Crippen MR) is 90.0 cm³/mol. The Bertz CT molecular complexity index is 815. The van der Waals surface area contributed by atoms with Crippen LogP contribution in [0.2, 0.25) is 0 Å². The van der Waals surface area contributed by atoms with E-state index in [1.54, 1.807) is 13.0 Å². The molecule has 2 aromatic rings. The Kier molecular flexibility index (Phi) is 6.02. The van der Waals surface area contributed by atoms with Crippen molar-refractivity contribution >= 4 is 12.0 Å². The van der Waals surface area contributed by atoms with Gasteiger partial charge in [-0.1, -0.05) is 18.2 Å². The van der Waals surface area contributed by atoms with Crippen LogP contribution in [0.1, 0.15) is 29.7 Å². The molecule has 0 aromatic heterocycles. The van der Waals surface area contributed by atoms with Crippen LogP contribution in [0.15, 0.2) is 48.5 Å². The van der Waals surface area contributed by atoms with E-state index in [-0.39, 0.29) is 11.3 Å². The molecule has 138 valence electrons. The Morgan fingerprint density at radius 2 is 1.92 bits per heavy atom. The van der Waals surface area contributed by atoms with E-state index in [1.165, 1.54) is 37.5 Å². The fourth-order valence-electron chi connectivity index (χ4n) is 2.29. The third-order valence-electron chi connectivity index (χ3n) is 3.68. The maximum absolute atomic E-state index is 13.7. The Morgan fingerprint density at radius 1 is 1.19 bits per heavy atom. The quantitative estimate of drug-likeness (QED) is 0.612. The number of halogens is 4. The lowest BCUT2D eigenvalue weighted by Gasteiger charge is -2.14. The molecule has 0 radical (unpaired) electrons. The van der Waals surface area contributed by atoms with Gasteiger partial charge in [-0.2, -0.15) is 13.2 Å². The zero-order chi connectivity index (χ0) is 19.3. The van der Waals surface area contributed by atoms with Crippen molar-refractivity contribution in [2.24, 2.45) is 0 Å². The molecule has 1 atom stereocenters. The van der Waals surface area contributed by atoms with Gasteiger partial charge in [0.2, 0.25) is 5.91 Å². The number of nitrogens with one attached hydrogen (secondary N) is 1. The minimum Gasteiger partial charge on any atom is -0.494 e. The van der Waals surface area contributed by atoms with Gasteiger partial charge in [0.25, 0.3) is 0 Å². The highest BCUT2D eigenvalue weighted by atomic mass is 19.4. The van der Waals surface area contributed by atoms with Crippen molar-refractivity contribution in [3.63, 3.8) is 0 Å². The van der Waals surface area contributed by atoms with Gasteiger partial charge < -0.3 is 10.1 Å². The molecule has 0 aliphatic heterocycles. The highest BCUT2D eigenvalue weighted by Crippen LogP contribution is 2.29. The van der Waals surface area contributed by atoms with E-state index >= 15 is 0 Å². The van der Waals surface area contributed by atoms with Crippen molar-refractivity contribution in [3.05, 3.63) is 71.0 Å². The average molecular weight is 367 g/mol. The van der Waals surface area contributed by atoms with Crippen LogP contribution in [0.3, 0.4) is 0 Å². The lowest BCUT2D eigenvalue weighted by Crippen LogP contribution is -2.24. The number of rotatable bonds is 5. The maximum Gasteiger partial charge on any atom is 0.416 e. The number of alkyl halides is 3. The summed E-state index contributed by atoms with van der Waals surface area (Å²) in [7, 11) is 1.35. The third-order valence-corrected chi connectivity index (χ3v) is 3.68. The van der Waals surface area contributed by atoms with Crippen molar-refractivity contribution in [2.45, 2.75) is 19.1 Å². The molecule has 7 heteroatoms. The van der Waals surface area contributed by atoms with Gasteiger partial charge in [0.15, 0.2) is 11.6 Å². The first-order chi connectivity index (χ1) is 12.2. The number of carbonyl (C=O) groups is 1. The molecule has 2 rings (SSSR count). The predicted octanol–water partition coefficient (Wildman–Crippen LogP) is 4.74. The summed E-state index contributed by atoms with van der Waals surface area (Å²) in [6.45, 7) is 1.66. The second-order valence-corrected chi connectivity index (χ2v) is 5.58. The molecule has 0 spiro atoms. The molecule has 0 aliphatic rings. The highest BCUT2D eigenvalue weighted by molar-refractivity contribution is 5.92. The maximum atomic E-state index is 13.7. The molecule has 1 N–H and O–H groups in total. The van der Waals surface area contributed by atoms with Gasteiger partial charge in [-0.25, -0.2) is 4.39 Å². The molecule has 0 fully saturated rings. The molecule has 0 saturated carbocycles. The number of hydrogen-bond acceptors (Lipinski definition) is 2. The van der Waals surface area contributed by atoms with E-state index in [4.69, 9.17) is 4.74 Å². The zero-order valence-electron chi connectivity index (χ0n) is 14.1. The first kappa shape index (κ1) is 19.5. The van der Waals surface area contributed by atoms with Gasteiger partial charge in [0, 0.05) is 6.08 Å². The number of hydrogen-bond donors (Lipinski definition) is 1. The van der Waals surface area contributed by atoms with Crippen molar-refractivity contribution in [1.29, 1.82) is 0 Å². The molecule has 0 saturated heterocycles. The van der Waals surface area contributed by atoms with E-state index in [0.29, 0.717) is 5.56 Å². The van der Waals surface area contributed by atoms with Gasteiger partial charge in [0.05, 0.1) is 18.7 Å². The average Bonchev–Trinajstić information content (AvgIpc) is 2.59. The summed E-state index contributed by atoms with van der Waals surface area (Å²) in [6, 6.07) is 8.46. The minimum absolute atomic E-state index is 0.0942.